The van der Waals surface area contributed by atoms with Gasteiger partial charge in [0, 0.05) is 10.2 Å². The molecule has 0 fully saturated rings. The number of anilines is 1. The first kappa shape index (κ1) is 16.8. The summed E-state index contributed by atoms with van der Waals surface area (Å²) in [6.45, 7) is 2.19. The molecule has 0 bridgehead atoms. The van der Waals surface area contributed by atoms with Crippen LogP contribution in [0.2, 0.25) is 0 Å². The average molecular weight is 384 g/mol. The second-order valence-corrected chi connectivity index (χ2v) is 7.53. The van der Waals surface area contributed by atoms with Crippen LogP contribution in [0.3, 0.4) is 0 Å². The molecule has 6 heteroatoms. The largest absolute Gasteiger partial charge is 0.492 e. The van der Waals surface area contributed by atoms with Crippen LogP contribution in [-0.2, 0) is 16.4 Å². The maximum atomic E-state index is 12.0. The van der Waals surface area contributed by atoms with E-state index in [-0.39, 0.29) is 12.4 Å². The van der Waals surface area contributed by atoms with Crippen LogP contribution >= 0.6 is 15.9 Å². The van der Waals surface area contributed by atoms with Crippen LogP contribution in [0.1, 0.15) is 12.5 Å². The number of sulfonamides is 1. The van der Waals surface area contributed by atoms with Crippen LogP contribution in [-0.4, -0.2) is 20.8 Å². The third kappa shape index (κ3) is 5.35. The second kappa shape index (κ2) is 7.65. The SMILES string of the molecule is CCc1ccc(OCCS(=O)(=O)Nc2cccc(Br)c2)cc1. The van der Waals surface area contributed by atoms with Gasteiger partial charge in [0.05, 0.1) is 0 Å². The van der Waals surface area contributed by atoms with Crippen molar-refractivity contribution < 1.29 is 13.2 Å². The van der Waals surface area contributed by atoms with Gasteiger partial charge in [0.25, 0.3) is 0 Å². The highest BCUT2D eigenvalue weighted by Crippen LogP contribution is 2.17. The fourth-order valence-electron chi connectivity index (χ4n) is 1.87. The highest BCUT2D eigenvalue weighted by Gasteiger charge is 2.11. The molecule has 0 spiro atoms. The summed E-state index contributed by atoms with van der Waals surface area (Å²) < 4.78 is 32.8. The summed E-state index contributed by atoms with van der Waals surface area (Å²) in [4.78, 5) is 0. The third-order valence-electron chi connectivity index (χ3n) is 3.05. The highest BCUT2D eigenvalue weighted by molar-refractivity contribution is 9.10. The minimum atomic E-state index is -3.43. The predicted octanol–water partition coefficient (Wildman–Crippen LogP) is 3.83. The third-order valence-corrected chi connectivity index (χ3v) is 4.79. The van der Waals surface area contributed by atoms with Crippen molar-refractivity contribution in [1.82, 2.24) is 0 Å². The summed E-state index contributed by atoms with van der Waals surface area (Å²) in [5.41, 5.74) is 1.75. The van der Waals surface area contributed by atoms with E-state index in [0.29, 0.717) is 11.4 Å². The van der Waals surface area contributed by atoms with E-state index in [0.717, 1.165) is 10.9 Å². The average Bonchev–Trinajstić information content (AvgIpc) is 2.47. The van der Waals surface area contributed by atoms with Gasteiger partial charge in [-0.3, -0.25) is 4.72 Å². The van der Waals surface area contributed by atoms with Gasteiger partial charge in [-0.15, -0.1) is 0 Å². The smallest absolute Gasteiger partial charge is 0.236 e. The van der Waals surface area contributed by atoms with Crippen molar-refractivity contribution in [3.63, 3.8) is 0 Å². The van der Waals surface area contributed by atoms with Crippen molar-refractivity contribution in [2.24, 2.45) is 0 Å². The van der Waals surface area contributed by atoms with Gasteiger partial charge in [-0.2, -0.15) is 0 Å². The van der Waals surface area contributed by atoms with Gasteiger partial charge in [-0.1, -0.05) is 41.1 Å². The Hall–Kier alpha value is -1.53. The summed E-state index contributed by atoms with van der Waals surface area (Å²) in [5.74, 6) is 0.574. The lowest BCUT2D eigenvalue weighted by Gasteiger charge is -2.10. The second-order valence-electron chi connectivity index (χ2n) is 4.78. The van der Waals surface area contributed by atoms with E-state index in [1.807, 2.05) is 30.3 Å². The Morgan fingerprint density at radius 2 is 1.86 bits per heavy atom. The lowest BCUT2D eigenvalue weighted by molar-refractivity contribution is 0.341. The standard InChI is InChI=1S/C16H18BrNO3S/c1-2-13-6-8-16(9-7-13)21-10-11-22(19,20)18-15-5-3-4-14(17)12-15/h3-9,12,18H,2,10-11H2,1H3. The molecule has 0 heterocycles. The molecule has 0 saturated heterocycles. The van der Waals surface area contributed by atoms with Gasteiger partial charge in [-0.25, -0.2) is 8.42 Å². The molecule has 2 aromatic carbocycles. The molecule has 0 aliphatic rings. The summed E-state index contributed by atoms with van der Waals surface area (Å²) in [6.07, 6.45) is 0.964. The van der Waals surface area contributed by atoms with Crippen molar-refractivity contribution >= 4 is 31.6 Å². The summed E-state index contributed by atoms with van der Waals surface area (Å²) in [5, 5.41) is 0. The molecule has 22 heavy (non-hydrogen) atoms. The fourth-order valence-corrected chi connectivity index (χ4v) is 3.16. The molecule has 0 saturated carbocycles. The molecule has 2 rings (SSSR count). The van der Waals surface area contributed by atoms with Gasteiger partial charge in [0.1, 0.15) is 18.1 Å². The first-order chi connectivity index (χ1) is 10.5. The molecule has 0 radical (unpaired) electrons. The molecule has 0 aromatic heterocycles. The predicted molar refractivity (Wildman–Crippen MR) is 92.9 cm³/mol. The van der Waals surface area contributed by atoms with Gasteiger partial charge >= 0.3 is 0 Å². The zero-order chi connectivity index (χ0) is 16.0. The number of nitrogens with one attached hydrogen (secondary N) is 1. The lowest BCUT2D eigenvalue weighted by atomic mass is 10.2. The topological polar surface area (TPSA) is 55.4 Å². The van der Waals surface area contributed by atoms with Crippen molar-refractivity contribution in [2.75, 3.05) is 17.1 Å². The first-order valence-corrected chi connectivity index (χ1v) is 9.41. The molecule has 0 amide bonds. The lowest BCUT2D eigenvalue weighted by Crippen LogP contribution is -2.21. The van der Waals surface area contributed by atoms with Crippen LogP contribution in [0.4, 0.5) is 5.69 Å². The van der Waals surface area contributed by atoms with E-state index in [9.17, 15) is 8.42 Å². The minimum Gasteiger partial charge on any atom is -0.492 e. The Bertz CT molecular complexity index is 714. The Labute approximate surface area is 139 Å². The molecular weight excluding hydrogens is 366 g/mol. The zero-order valence-electron chi connectivity index (χ0n) is 12.3. The van der Waals surface area contributed by atoms with E-state index >= 15 is 0 Å². The number of ether oxygens (including phenoxy) is 1. The van der Waals surface area contributed by atoms with Crippen LogP contribution in [0.15, 0.2) is 53.0 Å². The van der Waals surface area contributed by atoms with Crippen LogP contribution < -0.4 is 9.46 Å². The van der Waals surface area contributed by atoms with Crippen molar-refractivity contribution in [3.8, 4) is 5.75 Å². The Morgan fingerprint density at radius 3 is 2.50 bits per heavy atom. The molecule has 118 valence electrons. The summed E-state index contributed by atoms with van der Waals surface area (Å²) in [7, 11) is -3.43. The highest BCUT2D eigenvalue weighted by atomic mass is 79.9. The number of hydrogen-bond donors (Lipinski definition) is 1. The van der Waals surface area contributed by atoms with Crippen molar-refractivity contribution in [3.05, 3.63) is 58.6 Å². The molecule has 0 aliphatic heterocycles. The molecular formula is C16H18BrNO3S. The zero-order valence-corrected chi connectivity index (χ0v) is 14.7. The Morgan fingerprint density at radius 1 is 1.14 bits per heavy atom. The van der Waals surface area contributed by atoms with Crippen molar-refractivity contribution in [1.29, 1.82) is 0 Å². The first-order valence-electron chi connectivity index (χ1n) is 6.96. The van der Waals surface area contributed by atoms with Gasteiger partial charge in [0.15, 0.2) is 0 Å². The van der Waals surface area contributed by atoms with Gasteiger partial charge in [0.2, 0.25) is 10.0 Å². The minimum absolute atomic E-state index is 0.102. The number of benzene rings is 2. The van der Waals surface area contributed by atoms with E-state index in [1.165, 1.54) is 5.56 Å². The van der Waals surface area contributed by atoms with Crippen LogP contribution in [0.5, 0.6) is 5.75 Å². The molecule has 2 aromatic rings. The van der Waals surface area contributed by atoms with Gasteiger partial charge in [-0.05, 0) is 42.3 Å². The molecule has 1 N–H and O–H groups in total. The summed E-state index contributed by atoms with van der Waals surface area (Å²) >= 11 is 3.31. The quantitative estimate of drug-likeness (QED) is 0.790. The molecule has 0 atom stereocenters. The van der Waals surface area contributed by atoms with E-state index in [1.54, 1.807) is 18.2 Å². The van der Waals surface area contributed by atoms with Crippen LogP contribution in [0.25, 0.3) is 0 Å². The van der Waals surface area contributed by atoms with E-state index in [2.05, 4.69) is 27.6 Å². The molecule has 0 unspecified atom stereocenters. The van der Waals surface area contributed by atoms with Gasteiger partial charge < -0.3 is 4.74 Å². The normalized spacial score (nSPS) is 11.2. The maximum absolute atomic E-state index is 12.0. The Kier molecular flexibility index (Phi) is 5.85. The monoisotopic (exact) mass is 383 g/mol. The molecule has 0 aliphatic carbocycles. The fraction of sp³-hybridized carbons (Fsp3) is 0.250. The van der Waals surface area contributed by atoms with E-state index in [4.69, 9.17) is 4.74 Å². The van der Waals surface area contributed by atoms with Crippen molar-refractivity contribution in [2.45, 2.75) is 13.3 Å². The maximum Gasteiger partial charge on any atom is 0.236 e. The summed E-state index contributed by atoms with van der Waals surface area (Å²) in [6, 6.07) is 14.7. The number of hydrogen-bond acceptors (Lipinski definition) is 3. The number of rotatable bonds is 7. The number of aryl methyl sites for hydroxylation is 1. The molecule has 4 nitrogen and oxygen atoms in total. The van der Waals surface area contributed by atoms with E-state index < -0.39 is 10.0 Å². The van der Waals surface area contributed by atoms with Crippen LogP contribution in [0, 0.1) is 0 Å². The number of halogens is 1. The Balaban J connectivity index is 1.86.